The molecule has 0 aromatic heterocycles. The summed E-state index contributed by atoms with van der Waals surface area (Å²) in [7, 11) is 0. The van der Waals surface area contributed by atoms with Crippen LogP contribution in [0.2, 0.25) is 5.02 Å². The number of amides is 1. The molecule has 1 aromatic rings. The van der Waals surface area contributed by atoms with Crippen LogP contribution in [0.5, 0.6) is 0 Å². The van der Waals surface area contributed by atoms with Gasteiger partial charge in [0.1, 0.15) is 5.82 Å². The maximum Gasteiger partial charge on any atom is 0.255 e. The van der Waals surface area contributed by atoms with Crippen molar-refractivity contribution < 1.29 is 9.18 Å². The summed E-state index contributed by atoms with van der Waals surface area (Å²) in [6, 6.07) is 4.02. The third-order valence-electron chi connectivity index (χ3n) is 3.77. The van der Waals surface area contributed by atoms with Gasteiger partial charge in [0.05, 0.1) is 10.6 Å². The number of likely N-dealkylation sites (tertiary alicyclic amines) is 1. The molecule has 1 fully saturated rings. The molecule has 104 valence electrons. The molecular weight excluding hydrogens is 267 g/mol. The summed E-state index contributed by atoms with van der Waals surface area (Å²) < 4.78 is 13.0. The fraction of sp³-hybridized carbons (Fsp3) is 0.500. The predicted octanol–water partition coefficient (Wildman–Crippen LogP) is 2.68. The minimum atomic E-state index is -0.436. The lowest BCUT2D eigenvalue weighted by Gasteiger charge is -2.36. The molecule has 0 saturated carbocycles. The summed E-state index contributed by atoms with van der Waals surface area (Å²) in [5.74, 6) is -0.263. The Morgan fingerprint density at radius 2 is 2.32 bits per heavy atom. The minimum absolute atomic E-state index is 0.143. The third-order valence-corrected chi connectivity index (χ3v) is 4.08. The van der Waals surface area contributed by atoms with Crippen LogP contribution in [0.15, 0.2) is 18.2 Å². The first-order chi connectivity index (χ1) is 9.02. The first-order valence-electron chi connectivity index (χ1n) is 6.52. The SMILES string of the molecule is CCC1CN(C(=O)c2ccc(F)cc2Cl)CCC1N. The van der Waals surface area contributed by atoms with Gasteiger partial charge in [0.15, 0.2) is 0 Å². The molecule has 1 heterocycles. The first kappa shape index (κ1) is 14.3. The first-order valence-corrected chi connectivity index (χ1v) is 6.90. The van der Waals surface area contributed by atoms with Crippen LogP contribution in [-0.4, -0.2) is 29.9 Å². The van der Waals surface area contributed by atoms with E-state index in [9.17, 15) is 9.18 Å². The maximum absolute atomic E-state index is 13.0. The van der Waals surface area contributed by atoms with Crippen molar-refractivity contribution in [3.63, 3.8) is 0 Å². The second kappa shape index (κ2) is 5.88. The van der Waals surface area contributed by atoms with E-state index in [1.54, 1.807) is 4.90 Å². The Morgan fingerprint density at radius 1 is 1.58 bits per heavy atom. The Hall–Kier alpha value is -1.13. The van der Waals surface area contributed by atoms with Gasteiger partial charge < -0.3 is 10.6 Å². The van der Waals surface area contributed by atoms with Crippen molar-refractivity contribution in [2.75, 3.05) is 13.1 Å². The van der Waals surface area contributed by atoms with E-state index in [-0.39, 0.29) is 17.0 Å². The van der Waals surface area contributed by atoms with Gasteiger partial charge in [-0.3, -0.25) is 4.79 Å². The van der Waals surface area contributed by atoms with Gasteiger partial charge in [-0.15, -0.1) is 0 Å². The quantitative estimate of drug-likeness (QED) is 0.907. The van der Waals surface area contributed by atoms with Crippen molar-refractivity contribution in [3.05, 3.63) is 34.6 Å². The van der Waals surface area contributed by atoms with Gasteiger partial charge in [-0.25, -0.2) is 4.39 Å². The molecule has 1 aliphatic rings. The standard InChI is InChI=1S/C14H18ClFN2O/c1-2-9-8-18(6-5-13(9)17)14(19)11-4-3-10(16)7-12(11)15/h3-4,7,9,13H,2,5-6,8,17H2,1H3. The number of halogens is 2. The van der Waals surface area contributed by atoms with E-state index in [4.69, 9.17) is 17.3 Å². The Labute approximate surface area is 117 Å². The highest BCUT2D eigenvalue weighted by atomic mass is 35.5. The van der Waals surface area contributed by atoms with E-state index < -0.39 is 5.82 Å². The van der Waals surface area contributed by atoms with Gasteiger partial charge in [-0.05, 0) is 30.5 Å². The molecule has 2 rings (SSSR count). The van der Waals surface area contributed by atoms with Crippen molar-refractivity contribution in [1.82, 2.24) is 4.90 Å². The zero-order chi connectivity index (χ0) is 14.0. The molecule has 1 saturated heterocycles. The molecule has 1 amide bonds. The van der Waals surface area contributed by atoms with Crippen LogP contribution in [0, 0.1) is 11.7 Å². The monoisotopic (exact) mass is 284 g/mol. The molecule has 5 heteroatoms. The summed E-state index contributed by atoms with van der Waals surface area (Å²) in [5, 5.41) is 0.160. The summed E-state index contributed by atoms with van der Waals surface area (Å²) >= 11 is 5.93. The number of rotatable bonds is 2. The molecule has 0 aliphatic carbocycles. The highest BCUT2D eigenvalue weighted by Gasteiger charge is 2.29. The molecule has 1 aliphatic heterocycles. The van der Waals surface area contributed by atoms with Crippen molar-refractivity contribution in [1.29, 1.82) is 0 Å². The predicted molar refractivity (Wildman–Crippen MR) is 73.7 cm³/mol. The Kier molecular flexibility index (Phi) is 4.42. The number of piperidine rings is 1. The zero-order valence-corrected chi connectivity index (χ0v) is 11.7. The molecule has 19 heavy (non-hydrogen) atoms. The summed E-state index contributed by atoms with van der Waals surface area (Å²) in [4.78, 5) is 14.1. The smallest absolute Gasteiger partial charge is 0.255 e. The van der Waals surface area contributed by atoms with E-state index >= 15 is 0 Å². The molecule has 0 bridgehead atoms. The van der Waals surface area contributed by atoms with Gasteiger partial charge in [-0.1, -0.05) is 24.9 Å². The maximum atomic E-state index is 13.0. The van der Waals surface area contributed by atoms with E-state index in [2.05, 4.69) is 6.92 Å². The van der Waals surface area contributed by atoms with Crippen molar-refractivity contribution in [2.24, 2.45) is 11.7 Å². The average Bonchev–Trinajstić information content (AvgIpc) is 2.38. The second-order valence-electron chi connectivity index (χ2n) is 5.00. The number of hydrogen-bond acceptors (Lipinski definition) is 2. The lowest BCUT2D eigenvalue weighted by molar-refractivity contribution is 0.0649. The van der Waals surface area contributed by atoms with Crippen LogP contribution in [0.1, 0.15) is 30.1 Å². The Bertz CT molecular complexity index is 481. The number of nitrogens with two attached hydrogens (primary N) is 1. The summed E-state index contributed by atoms with van der Waals surface area (Å²) in [5.41, 5.74) is 6.38. The van der Waals surface area contributed by atoms with Crippen LogP contribution >= 0.6 is 11.6 Å². The Morgan fingerprint density at radius 3 is 2.95 bits per heavy atom. The van der Waals surface area contributed by atoms with Gasteiger partial charge >= 0.3 is 0 Å². The van der Waals surface area contributed by atoms with Crippen molar-refractivity contribution in [2.45, 2.75) is 25.8 Å². The number of hydrogen-bond donors (Lipinski definition) is 1. The number of nitrogens with zero attached hydrogens (tertiary/aromatic N) is 1. The van der Waals surface area contributed by atoms with E-state index in [1.807, 2.05) is 0 Å². The van der Waals surface area contributed by atoms with Crippen LogP contribution < -0.4 is 5.73 Å². The third kappa shape index (κ3) is 3.07. The topological polar surface area (TPSA) is 46.3 Å². The highest BCUT2D eigenvalue weighted by Crippen LogP contribution is 2.23. The molecule has 2 atom stereocenters. The normalized spacial score (nSPS) is 23.5. The van der Waals surface area contributed by atoms with E-state index in [0.717, 1.165) is 12.8 Å². The molecule has 0 spiro atoms. The van der Waals surface area contributed by atoms with E-state index in [1.165, 1.54) is 18.2 Å². The fourth-order valence-corrected chi connectivity index (χ4v) is 2.75. The zero-order valence-electron chi connectivity index (χ0n) is 10.9. The van der Waals surface area contributed by atoms with Gasteiger partial charge in [0, 0.05) is 19.1 Å². The van der Waals surface area contributed by atoms with Gasteiger partial charge in [-0.2, -0.15) is 0 Å². The molecular formula is C14H18ClFN2O. The number of benzene rings is 1. The molecule has 0 radical (unpaired) electrons. The minimum Gasteiger partial charge on any atom is -0.338 e. The lowest BCUT2D eigenvalue weighted by atomic mass is 9.90. The summed E-state index contributed by atoms with van der Waals surface area (Å²) in [6.07, 6.45) is 1.74. The summed E-state index contributed by atoms with van der Waals surface area (Å²) in [6.45, 7) is 3.35. The second-order valence-corrected chi connectivity index (χ2v) is 5.40. The van der Waals surface area contributed by atoms with Crippen LogP contribution in [0.4, 0.5) is 4.39 Å². The Balaban J connectivity index is 2.15. The molecule has 1 aromatic carbocycles. The average molecular weight is 285 g/mol. The fourth-order valence-electron chi connectivity index (χ4n) is 2.50. The molecule has 2 N–H and O–H groups in total. The highest BCUT2D eigenvalue weighted by molar-refractivity contribution is 6.33. The number of carbonyl (C=O) groups excluding carboxylic acids is 1. The largest absolute Gasteiger partial charge is 0.338 e. The lowest BCUT2D eigenvalue weighted by Crippen LogP contribution is -2.49. The van der Waals surface area contributed by atoms with Crippen LogP contribution in [0.3, 0.4) is 0 Å². The number of carbonyl (C=O) groups is 1. The molecule has 2 unspecified atom stereocenters. The van der Waals surface area contributed by atoms with Crippen LogP contribution in [-0.2, 0) is 0 Å². The molecule has 3 nitrogen and oxygen atoms in total. The van der Waals surface area contributed by atoms with Crippen molar-refractivity contribution in [3.8, 4) is 0 Å². The van der Waals surface area contributed by atoms with Crippen LogP contribution in [0.25, 0.3) is 0 Å². The van der Waals surface area contributed by atoms with E-state index in [0.29, 0.717) is 24.6 Å². The van der Waals surface area contributed by atoms with Gasteiger partial charge in [0.25, 0.3) is 5.91 Å². The van der Waals surface area contributed by atoms with Gasteiger partial charge in [0.2, 0.25) is 0 Å². The van der Waals surface area contributed by atoms with Crippen molar-refractivity contribution >= 4 is 17.5 Å².